The first-order chi connectivity index (χ1) is 4.66. The van der Waals surface area contributed by atoms with Crippen molar-refractivity contribution in [3.63, 3.8) is 0 Å². The molecule has 1 saturated carbocycles. The topological polar surface area (TPSA) is 54.4 Å². The van der Waals surface area contributed by atoms with Crippen molar-refractivity contribution >= 4 is 11.8 Å². The highest BCUT2D eigenvalue weighted by Crippen LogP contribution is 2.39. The van der Waals surface area contributed by atoms with E-state index in [9.17, 15) is 9.59 Å². The second-order valence-electron chi connectivity index (χ2n) is 2.61. The molecule has 3 nitrogen and oxygen atoms in total. The highest BCUT2D eigenvalue weighted by atomic mass is 16.4. The number of carboxylic acids is 1. The molecule has 0 bridgehead atoms. The lowest BCUT2D eigenvalue weighted by Crippen LogP contribution is -2.06. The minimum absolute atomic E-state index is 0.0902. The molecule has 10 heavy (non-hydrogen) atoms. The Kier molecular flexibility index (Phi) is 1.74. The third-order valence-electron chi connectivity index (χ3n) is 1.87. The van der Waals surface area contributed by atoms with Gasteiger partial charge in [0.05, 0.1) is 5.92 Å². The maximum atomic E-state index is 10.8. The molecule has 0 aromatic rings. The smallest absolute Gasteiger partial charge is 0.307 e. The minimum Gasteiger partial charge on any atom is -0.481 e. The number of carbonyl (C=O) groups is 2. The van der Waals surface area contributed by atoms with Crippen molar-refractivity contribution in [1.82, 2.24) is 0 Å². The molecule has 56 valence electrons. The Labute approximate surface area is 59.0 Å². The molecule has 1 N–H and O–H groups in total. The van der Waals surface area contributed by atoms with Crippen LogP contribution in [0.15, 0.2) is 0 Å². The summed E-state index contributed by atoms with van der Waals surface area (Å²) in [6.07, 6.45) is 1.02. The fraction of sp³-hybridized carbons (Fsp3) is 0.714. The number of aliphatic carboxylic acids is 1. The van der Waals surface area contributed by atoms with Crippen LogP contribution in [0.4, 0.5) is 0 Å². The van der Waals surface area contributed by atoms with Crippen molar-refractivity contribution in [2.24, 2.45) is 11.8 Å². The van der Waals surface area contributed by atoms with Gasteiger partial charge >= 0.3 is 5.97 Å². The second-order valence-corrected chi connectivity index (χ2v) is 2.61. The second kappa shape index (κ2) is 2.40. The fourth-order valence-corrected chi connectivity index (χ4v) is 1.09. The summed E-state index contributed by atoms with van der Waals surface area (Å²) in [6, 6.07) is 0. The first-order valence-corrected chi connectivity index (χ1v) is 3.42. The van der Waals surface area contributed by atoms with Crippen LogP contribution in [0.2, 0.25) is 0 Å². The summed E-state index contributed by atoms with van der Waals surface area (Å²) < 4.78 is 0. The molecule has 1 aliphatic carbocycles. The van der Waals surface area contributed by atoms with Gasteiger partial charge in [0.1, 0.15) is 5.78 Å². The molecule has 0 spiro atoms. The lowest BCUT2D eigenvalue weighted by Gasteiger charge is -1.89. The Morgan fingerprint density at radius 1 is 1.50 bits per heavy atom. The Morgan fingerprint density at radius 3 is 2.40 bits per heavy atom. The summed E-state index contributed by atoms with van der Waals surface area (Å²) in [5, 5.41) is 8.42. The van der Waals surface area contributed by atoms with Crippen molar-refractivity contribution in [3.8, 4) is 0 Å². The maximum absolute atomic E-state index is 10.8. The quantitative estimate of drug-likeness (QED) is 0.630. The largest absolute Gasteiger partial charge is 0.481 e. The van der Waals surface area contributed by atoms with Crippen molar-refractivity contribution in [1.29, 1.82) is 0 Å². The van der Waals surface area contributed by atoms with Gasteiger partial charge in [0.15, 0.2) is 0 Å². The van der Waals surface area contributed by atoms with Gasteiger partial charge in [0, 0.05) is 12.3 Å². The van der Waals surface area contributed by atoms with Gasteiger partial charge in [-0.3, -0.25) is 9.59 Å². The molecular formula is C7H10O3. The average molecular weight is 142 g/mol. The minimum atomic E-state index is -0.827. The van der Waals surface area contributed by atoms with Gasteiger partial charge in [0.2, 0.25) is 0 Å². The molecular weight excluding hydrogens is 132 g/mol. The molecule has 0 aromatic carbocycles. The van der Waals surface area contributed by atoms with Crippen LogP contribution < -0.4 is 0 Å². The zero-order chi connectivity index (χ0) is 7.72. The van der Waals surface area contributed by atoms with Crippen molar-refractivity contribution in [2.45, 2.75) is 19.8 Å². The summed E-state index contributed by atoms with van der Waals surface area (Å²) in [6.45, 7) is 1.76. The molecule has 1 rings (SSSR count). The van der Waals surface area contributed by atoms with E-state index in [4.69, 9.17) is 5.11 Å². The predicted molar refractivity (Wildman–Crippen MR) is 34.5 cm³/mol. The summed E-state index contributed by atoms with van der Waals surface area (Å²) in [7, 11) is 0. The van der Waals surface area contributed by atoms with Crippen LogP contribution in [-0.4, -0.2) is 16.9 Å². The van der Waals surface area contributed by atoms with E-state index in [0.29, 0.717) is 12.8 Å². The number of rotatable bonds is 3. The van der Waals surface area contributed by atoms with E-state index in [0.717, 1.165) is 0 Å². The molecule has 2 atom stereocenters. The van der Waals surface area contributed by atoms with Crippen molar-refractivity contribution < 1.29 is 14.7 Å². The van der Waals surface area contributed by atoms with E-state index in [1.165, 1.54) is 0 Å². The summed E-state index contributed by atoms with van der Waals surface area (Å²) in [5.41, 5.74) is 0. The first kappa shape index (κ1) is 7.25. The van der Waals surface area contributed by atoms with Crippen LogP contribution in [0.3, 0.4) is 0 Å². The lowest BCUT2D eigenvalue weighted by molar-refractivity contribution is -0.140. The van der Waals surface area contributed by atoms with Crippen molar-refractivity contribution in [2.75, 3.05) is 0 Å². The first-order valence-electron chi connectivity index (χ1n) is 3.42. The van der Waals surface area contributed by atoms with Crippen LogP contribution >= 0.6 is 0 Å². The zero-order valence-electron chi connectivity index (χ0n) is 5.83. The molecule has 0 radical (unpaired) electrons. The Bertz CT molecular complexity index is 174. The van der Waals surface area contributed by atoms with Gasteiger partial charge in [-0.05, 0) is 6.42 Å². The van der Waals surface area contributed by atoms with Crippen molar-refractivity contribution in [3.05, 3.63) is 0 Å². The molecule has 0 saturated heterocycles. The molecule has 1 fully saturated rings. The fourth-order valence-electron chi connectivity index (χ4n) is 1.09. The Hall–Kier alpha value is -0.860. The van der Waals surface area contributed by atoms with Gasteiger partial charge in [-0.15, -0.1) is 0 Å². The monoisotopic (exact) mass is 142 g/mol. The molecule has 2 unspecified atom stereocenters. The summed E-state index contributed by atoms with van der Waals surface area (Å²) >= 11 is 0. The standard InChI is InChI=1S/C7H10O3/c1-2-6(8)4-3-5(4)7(9)10/h4-5H,2-3H2,1H3,(H,9,10). The van der Waals surface area contributed by atoms with E-state index >= 15 is 0 Å². The number of hydrogen-bond acceptors (Lipinski definition) is 2. The summed E-state index contributed by atoms with van der Waals surface area (Å²) in [5.74, 6) is -1.27. The predicted octanol–water partition coefficient (Wildman–Crippen LogP) is 0.686. The average Bonchev–Trinajstić information content (AvgIpc) is 2.64. The number of carboxylic acid groups (broad SMARTS) is 1. The number of ketones is 1. The van der Waals surface area contributed by atoms with Crippen LogP contribution in [-0.2, 0) is 9.59 Å². The summed E-state index contributed by atoms with van der Waals surface area (Å²) in [4.78, 5) is 21.1. The zero-order valence-corrected chi connectivity index (χ0v) is 5.83. The van der Waals surface area contributed by atoms with Crippen LogP contribution in [0.1, 0.15) is 19.8 Å². The molecule has 0 aliphatic heterocycles. The SMILES string of the molecule is CCC(=O)C1CC1C(=O)O. The lowest BCUT2D eigenvalue weighted by atomic mass is 10.2. The third kappa shape index (κ3) is 1.17. The third-order valence-corrected chi connectivity index (χ3v) is 1.87. The van der Waals surface area contributed by atoms with Gasteiger partial charge in [-0.1, -0.05) is 6.92 Å². The number of Topliss-reactive ketones (excluding diaryl/α,β-unsaturated/α-hetero) is 1. The van der Waals surface area contributed by atoms with Gasteiger partial charge in [0.25, 0.3) is 0 Å². The molecule has 0 amide bonds. The maximum Gasteiger partial charge on any atom is 0.307 e. The van der Waals surface area contributed by atoms with Gasteiger partial charge in [-0.2, -0.15) is 0 Å². The molecule has 0 heterocycles. The number of hydrogen-bond donors (Lipinski definition) is 1. The molecule has 0 aromatic heterocycles. The van der Waals surface area contributed by atoms with Crippen LogP contribution in [0.5, 0.6) is 0 Å². The van der Waals surface area contributed by atoms with Gasteiger partial charge in [-0.25, -0.2) is 0 Å². The Morgan fingerprint density at radius 2 is 2.10 bits per heavy atom. The normalized spacial score (nSPS) is 29.7. The van der Waals surface area contributed by atoms with E-state index in [1.807, 2.05) is 0 Å². The van der Waals surface area contributed by atoms with E-state index in [-0.39, 0.29) is 17.6 Å². The van der Waals surface area contributed by atoms with Crippen LogP contribution in [0, 0.1) is 11.8 Å². The van der Waals surface area contributed by atoms with Crippen LogP contribution in [0.25, 0.3) is 0 Å². The van der Waals surface area contributed by atoms with Gasteiger partial charge < -0.3 is 5.11 Å². The molecule has 3 heteroatoms. The highest BCUT2D eigenvalue weighted by Gasteiger charge is 2.46. The Balaban J connectivity index is 2.38. The highest BCUT2D eigenvalue weighted by molar-refractivity contribution is 5.90. The van der Waals surface area contributed by atoms with E-state index in [1.54, 1.807) is 6.92 Å². The number of carbonyl (C=O) groups excluding carboxylic acids is 1. The van der Waals surface area contributed by atoms with E-state index < -0.39 is 5.97 Å². The van der Waals surface area contributed by atoms with E-state index in [2.05, 4.69) is 0 Å². The molecule has 1 aliphatic rings.